The predicted molar refractivity (Wildman–Crippen MR) is 101 cm³/mol. The van der Waals surface area contributed by atoms with Gasteiger partial charge >= 0.3 is 0 Å². The van der Waals surface area contributed by atoms with Crippen molar-refractivity contribution in [2.24, 2.45) is 0 Å². The van der Waals surface area contributed by atoms with Crippen LogP contribution in [0.3, 0.4) is 0 Å². The number of ether oxygens (including phenoxy) is 1. The summed E-state index contributed by atoms with van der Waals surface area (Å²) in [5, 5.41) is 2.83. The summed E-state index contributed by atoms with van der Waals surface area (Å²) in [6.07, 6.45) is 1.96. The van der Waals surface area contributed by atoms with Crippen LogP contribution in [0.4, 0.5) is 10.1 Å². The second kappa shape index (κ2) is 10.0. The van der Waals surface area contributed by atoms with Crippen molar-refractivity contribution in [3.8, 4) is 0 Å². The number of nitrogens with one attached hydrogen (secondary N) is 2. The van der Waals surface area contributed by atoms with Crippen LogP contribution in [-0.2, 0) is 26.0 Å². The number of methoxy groups -OCH3 is 1. The fourth-order valence-corrected chi connectivity index (χ4v) is 3.42. The van der Waals surface area contributed by atoms with Gasteiger partial charge in [0.1, 0.15) is 5.82 Å². The molecule has 0 fully saturated rings. The number of anilines is 1. The van der Waals surface area contributed by atoms with E-state index in [0.717, 1.165) is 30.5 Å². The van der Waals surface area contributed by atoms with Crippen molar-refractivity contribution in [3.05, 3.63) is 59.9 Å². The zero-order chi connectivity index (χ0) is 19.7. The van der Waals surface area contributed by atoms with Gasteiger partial charge < -0.3 is 10.1 Å². The fourth-order valence-electron chi connectivity index (χ4n) is 2.37. The van der Waals surface area contributed by atoms with Gasteiger partial charge in [0.05, 0.1) is 11.3 Å². The van der Waals surface area contributed by atoms with Crippen molar-refractivity contribution in [2.75, 3.05) is 25.0 Å². The first-order valence-corrected chi connectivity index (χ1v) is 10.0. The van der Waals surface area contributed by atoms with Crippen LogP contribution < -0.4 is 10.0 Å². The molecule has 146 valence electrons. The number of hydrogen-bond donors (Lipinski definition) is 2. The minimum atomic E-state index is -3.79. The lowest BCUT2D eigenvalue weighted by Gasteiger charge is -2.09. The van der Waals surface area contributed by atoms with E-state index in [1.165, 1.54) is 12.1 Å². The molecular weight excluding hydrogens is 371 g/mol. The van der Waals surface area contributed by atoms with E-state index >= 15 is 0 Å². The minimum absolute atomic E-state index is 0.0270. The third-order valence-corrected chi connectivity index (χ3v) is 5.19. The van der Waals surface area contributed by atoms with Crippen LogP contribution in [-0.4, -0.2) is 34.6 Å². The quantitative estimate of drug-likeness (QED) is 0.607. The van der Waals surface area contributed by atoms with Crippen LogP contribution in [0.25, 0.3) is 0 Å². The summed E-state index contributed by atoms with van der Waals surface area (Å²) in [4.78, 5) is 11.9. The van der Waals surface area contributed by atoms with Gasteiger partial charge in [0.15, 0.2) is 0 Å². The van der Waals surface area contributed by atoms with Gasteiger partial charge in [0, 0.05) is 25.9 Å². The number of unbranched alkanes of at least 4 members (excludes halogenated alkanes) is 1. The van der Waals surface area contributed by atoms with E-state index in [4.69, 9.17) is 4.74 Å². The topological polar surface area (TPSA) is 84.5 Å². The largest absolute Gasteiger partial charge is 0.385 e. The number of benzene rings is 2. The maximum Gasteiger partial charge on any atom is 0.261 e. The Balaban J connectivity index is 1.87. The van der Waals surface area contributed by atoms with Crippen LogP contribution in [0.5, 0.6) is 0 Å². The van der Waals surface area contributed by atoms with Gasteiger partial charge in [-0.2, -0.15) is 0 Å². The molecule has 1 amide bonds. The molecule has 2 aromatic carbocycles. The molecule has 8 heteroatoms. The molecule has 0 saturated heterocycles. The molecule has 2 rings (SSSR count). The first kappa shape index (κ1) is 20.9. The van der Waals surface area contributed by atoms with Crippen molar-refractivity contribution in [2.45, 2.75) is 24.2 Å². The van der Waals surface area contributed by atoms with Gasteiger partial charge in [0.25, 0.3) is 10.0 Å². The molecule has 0 atom stereocenters. The van der Waals surface area contributed by atoms with Crippen molar-refractivity contribution in [1.82, 2.24) is 5.32 Å². The van der Waals surface area contributed by atoms with E-state index in [1.807, 2.05) is 0 Å². The van der Waals surface area contributed by atoms with E-state index in [1.54, 1.807) is 31.4 Å². The Bertz CT molecular complexity index is 837. The number of rotatable bonds is 10. The number of hydrogen-bond acceptors (Lipinski definition) is 4. The van der Waals surface area contributed by atoms with Crippen LogP contribution in [0.1, 0.15) is 18.4 Å². The Morgan fingerprint density at radius 2 is 1.70 bits per heavy atom. The fraction of sp³-hybridized carbons (Fsp3) is 0.316. The van der Waals surface area contributed by atoms with Gasteiger partial charge in [-0.3, -0.25) is 9.52 Å². The van der Waals surface area contributed by atoms with Gasteiger partial charge in [-0.1, -0.05) is 12.1 Å². The second-order valence-corrected chi connectivity index (χ2v) is 7.67. The molecular formula is C19H23FN2O4S. The average molecular weight is 394 g/mol. The molecule has 2 N–H and O–H groups in total. The Morgan fingerprint density at radius 1 is 1.04 bits per heavy atom. The van der Waals surface area contributed by atoms with Crippen LogP contribution >= 0.6 is 0 Å². The summed E-state index contributed by atoms with van der Waals surface area (Å²) in [6, 6.07) is 11.1. The highest BCUT2D eigenvalue weighted by molar-refractivity contribution is 7.92. The molecule has 0 bridgehead atoms. The summed E-state index contributed by atoms with van der Waals surface area (Å²) in [7, 11) is -2.15. The Labute approximate surface area is 158 Å². The molecule has 0 unspecified atom stereocenters. The standard InChI is InChI=1S/C19H23FN2O4S/c1-26-13-3-2-12-21-19(23)14-15-4-8-17(9-5-15)22-27(24,25)18-10-6-16(20)7-11-18/h4-11,22H,2-3,12-14H2,1H3,(H,21,23). The molecule has 0 aliphatic heterocycles. The highest BCUT2D eigenvalue weighted by Gasteiger charge is 2.14. The van der Waals surface area contributed by atoms with Gasteiger partial charge in [-0.25, -0.2) is 12.8 Å². The molecule has 0 aliphatic rings. The number of halogens is 1. The second-order valence-electron chi connectivity index (χ2n) is 5.98. The van der Waals surface area contributed by atoms with Crippen LogP contribution in [0, 0.1) is 5.82 Å². The molecule has 27 heavy (non-hydrogen) atoms. The van der Waals surface area contributed by atoms with E-state index in [-0.39, 0.29) is 17.2 Å². The molecule has 0 aromatic heterocycles. The first-order valence-electron chi connectivity index (χ1n) is 8.54. The zero-order valence-electron chi connectivity index (χ0n) is 15.1. The smallest absolute Gasteiger partial charge is 0.261 e. The highest BCUT2D eigenvalue weighted by Crippen LogP contribution is 2.17. The van der Waals surface area contributed by atoms with Gasteiger partial charge in [-0.15, -0.1) is 0 Å². The average Bonchev–Trinajstić information content (AvgIpc) is 2.63. The molecule has 0 saturated carbocycles. The normalized spacial score (nSPS) is 11.2. The summed E-state index contributed by atoms with van der Waals surface area (Å²) < 4.78 is 44.8. The summed E-state index contributed by atoms with van der Waals surface area (Å²) in [5.41, 5.74) is 1.14. The summed E-state index contributed by atoms with van der Waals surface area (Å²) >= 11 is 0. The van der Waals surface area contributed by atoms with E-state index < -0.39 is 15.8 Å². The maximum atomic E-state index is 12.9. The summed E-state index contributed by atoms with van der Waals surface area (Å²) in [5.74, 6) is -0.595. The lowest BCUT2D eigenvalue weighted by Crippen LogP contribution is -2.26. The first-order chi connectivity index (χ1) is 12.9. The molecule has 0 heterocycles. The molecule has 0 spiro atoms. The number of sulfonamides is 1. The number of amides is 1. The summed E-state index contributed by atoms with van der Waals surface area (Å²) in [6.45, 7) is 1.27. The van der Waals surface area contributed by atoms with E-state index in [9.17, 15) is 17.6 Å². The molecule has 6 nitrogen and oxygen atoms in total. The highest BCUT2D eigenvalue weighted by atomic mass is 32.2. The Hall–Kier alpha value is -2.45. The Kier molecular flexibility index (Phi) is 7.75. The lowest BCUT2D eigenvalue weighted by molar-refractivity contribution is -0.120. The zero-order valence-corrected chi connectivity index (χ0v) is 15.9. The molecule has 2 aromatic rings. The van der Waals surface area contributed by atoms with Crippen LogP contribution in [0.2, 0.25) is 0 Å². The van der Waals surface area contributed by atoms with Crippen molar-refractivity contribution < 1.29 is 22.3 Å². The van der Waals surface area contributed by atoms with Crippen LogP contribution in [0.15, 0.2) is 53.4 Å². The van der Waals surface area contributed by atoms with Crippen molar-refractivity contribution in [1.29, 1.82) is 0 Å². The predicted octanol–water partition coefficient (Wildman–Crippen LogP) is 2.71. The Morgan fingerprint density at radius 3 is 2.33 bits per heavy atom. The molecule has 0 aliphatic carbocycles. The maximum absolute atomic E-state index is 12.9. The van der Waals surface area contributed by atoms with Gasteiger partial charge in [0.2, 0.25) is 5.91 Å². The lowest BCUT2D eigenvalue weighted by atomic mass is 10.1. The number of carbonyl (C=O) groups excluding carboxylic acids is 1. The molecule has 0 radical (unpaired) electrons. The van der Waals surface area contributed by atoms with Gasteiger partial charge in [-0.05, 0) is 54.8 Å². The van der Waals surface area contributed by atoms with E-state index in [0.29, 0.717) is 18.8 Å². The minimum Gasteiger partial charge on any atom is -0.385 e. The van der Waals surface area contributed by atoms with E-state index in [2.05, 4.69) is 10.0 Å². The third-order valence-electron chi connectivity index (χ3n) is 3.79. The van der Waals surface area contributed by atoms with Crippen molar-refractivity contribution in [3.63, 3.8) is 0 Å². The number of carbonyl (C=O) groups is 1. The van der Waals surface area contributed by atoms with Crippen molar-refractivity contribution >= 4 is 21.6 Å². The third kappa shape index (κ3) is 6.99. The monoisotopic (exact) mass is 394 g/mol. The SMILES string of the molecule is COCCCCNC(=O)Cc1ccc(NS(=O)(=O)c2ccc(F)cc2)cc1.